The fourth-order valence-corrected chi connectivity index (χ4v) is 1.58. The van der Waals surface area contributed by atoms with E-state index in [2.05, 4.69) is 17.2 Å². The first-order chi connectivity index (χ1) is 9.58. The Morgan fingerprint density at radius 1 is 1.55 bits per heavy atom. The van der Waals surface area contributed by atoms with Gasteiger partial charge in [0.15, 0.2) is 17.7 Å². The van der Waals surface area contributed by atoms with Crippen molar-refractivity contribution in [3.05, 3.63) is 42.2 Å². The Bertz CT molecular complexity index is 463. The topological polar surface area (TPSA) is 50.4 Å². The van der Waals surface area contributed by atoms with Crippen molar-refractivity contribution >= 4 is 5.91 Å². The normalized spacial score (nSPS) is 11.8. The van der Waals surface area contributed by atoms with Gasteiger partial charge < -0.3 is 15.4 Å². The summed E-state index contributed by atoms with van der Waals surface area (Å²) in [5, 5.41) is 5.71. The molecular weight excluding hydrogens is 259 g/mol. The Kier molecular flexibility index (Phi) is 6.73. The van der Waals surface area contributed by atoms with E-state index in [4.69, 9.17) is 4.74 Å². The molecule has 0 aliphatic rings. The van der Waals surface area contributed by atoms with Crippen LogP contribution in [0.25, 0.3) is 0 Å². The van der Waals surface area contributed by atoms with Gasteiger partial charge in [0.1, 0.15) is 0 Å². The third-order valence-corrected chi connectivity index (χ3v) is 2.67. The number of carbonyl (C=O) groups is 1. The van der Waals surface area contributed by atoms with Crippen molar-refractivity contribution < 1.29 is 13.9 Å². The van der Waals surface area contributed by atoms with Gasteiger partial charge in [-0.05, 0) is 31.2 Å². The van der Waals surface area contributed by atoms with Gasteiger partial charge in [-0.15, -0.1) is 6.58 Å². The predicted molar refractivity (Wildman–Crippen MR) is 77.1 cm³/mol. The lowest BCUT2D eigenvalue weighted by Gasteiger charge is -2.15. The van der Waals surface area contributed by atoms with Crippen LogP contribution in [0.1, 0.15) is 19.4 Å². The highest BCUT2D eigenvalue weighted by molar-refractivity contribution is 5.80. The van der Waals surface area contributed by atoms with Gasteiger partial charge in [-0.3, -0.25) is 4.79 Å². The van der Waals surface area contributed by atoms with Crippen molar-refractivity contribution in [2.75, 3.05) is 13.1 Å². The van der Waals surface area contributed by atoms with Crippen LogP contribution in [0.2, 0.25) is 0 Å². The first-order valence-electron chi connectivity index (χ1n) is 6.62. The second-order valence-corrected chi connectivity index (χ2v) is 4.34. The average molecular weight is 280 g/mol. The van der Waals surface area contributed by atoms with E-state index in [1.165, 1.54) is 6.07 Å². The van der Waals surface area contributed by atoms with Crippen LogP contribution in [-0.4, -0.2) is 25.1 Å². The molecule has 0 aromatic heterocycles. The number of halogens is 1. The maximum atomic E-state index is 13.9. The van der Waals surface area contributed by atoms with Crippen LogP contribution in [0.3, 0.4) is 0 Å². The molecule has 1 unspecified atom stereocenters. The molecule has 0 radical (unpaired) electrons. The first kappa shape index (κ1) is 16.2. The number of hydrogen-bond donors (Lipinski definition) is 2. The molecule has 1 atom stereocenters. The van der Waals surface area contributed by atoms with Crippen molar-refractivity contribution in [3.63, 3.8) is 0 Å². The van der Waals surface area contributed by atoms with Gasteiger partial charge in [-0.2, -0.15) is 0 Å². The minimum atomic E-state index is -0.760. The Morgan fingerprint density at radius 3 is 2.90 bits per heavy atom. The number of benzene rings is 1. The minimum absolute atomic E-state index is 0.0755. The van der Waals surface area contributed by atoms with Crippen molar-refractivity contribution in [2.45, 2.75) is 26.5 Å². The molecule has 0 aliphatic heterocycles. The molecule has 0 spiro atoms. The minimum Gasteiger partial charge on any atom is -0.478 e. The van der Waals surface area contributed by atoms with Crippen LogP contribution in [0.5, 0.6) is 5.75 Å². The third-order valence-electron chi connectivity index (χ3n) is 2.67. The summed E-state index contributed by atoms with van der Waals surface area (Å²) in [5.74, 6) is -0.698. The average Bonchev–Trinajstić information content (AvgIpc) is 2.44. The van der Waals surface area contributed by atoms with Crippen LogP contribution in [0, 0.1) is 5.82 Å². The molecule has 0 fully saturated rings. The predicted octanol–water partition coefficient (Wildman–Crippen LogP) is 2.00. The number of hydrogen-bond acceptors (Lipinski definition) is 3. The van der Waals surface area contributed by atoms with Gasteiger partial charge in [-0.1, -0.05) is 19.1 Å². The number of amides is 1. The molecular formula is C15H21FN2O2. The lowest BCUT2D eigenvalue weighted by Crippen LogP contribution is -2.36. The Balaban J connectivity index is 2.63. The zero-order valence-corrected chi connectivity index (χ0v) is 11.9. The second kappa shape index (κ2) is 8.32. The molecule has 1 aromatic rings. The summed E-state index contributed by atoms with van der Waals surface area (Å²) in [6, 6.07) is 4.72. The molecule has 0 saturated carbocycles. The smallest absolute Gasteiger partial charge is 0.261 e. The van der Waals surface area contributed by atoms with Gasteiger partial charge >= 0.3 is 0 Å². The fraction of sp³-hybridized carbons (Fsp3) is 0.400. The zero-order valence-electron chi connectivity index (χ0n) is 11.9. The molecule has 1 amide bonds. The molecule has 20 heavy (non-hydrogen) atoms. The van der Waals surface area contributed by atoms with Crippen molar-refractivity contribution in [3.8, 4) is 5.75 Å². The SMILES string of the molecule is C=CCNC(=O)C(C)Oc1ccc(CNCC)cc1F. The van der Waals surface area contributed by atoms with Gasteiger partial charge in [0.2, 0.25) is 0 Å². The van der Waals surface area contributed by atoms with Crippen LogP contribution in [0.15, 0.2) is 30.9 Å². The summed E-state index contributed by atoms with van der Waals surface area (Å²) < 4.78 is 19.2. The van der Waals surface area contributed by atoms with E-state index in [1.54, 1.807) is 25.1 Å². The van der Waals surface area contributed by atoms with Crippen molar-refractivity contribution in [1.82, 2.24) is 10.6 Å². The summed E-state index contributed by atoms with van der Waals surface area (Å²) >= 11 is 0. The largest absolute Gasteiger partial charge is 0.478 e. The molecule has 0 heterocycles. The summed E-state index contributed by atoms with van der Waals surface area (Å²) in [6.45, 7) is 8.84. The lowest BCUT2D eigenvalue weighted by atomic mass is 10.2. The van der Waals surface area contributed by atoms with E-state index in [9.17, 15) is 9.18 Å². The third kappa shape index (κ3) is 5.01. The van der Waals surface area contributed by atoms with E-state index in [0.717, 1.165) is 12.1 Å². The summed E-state index contributed by atoms with van der Waals surface area (Å²) in [5.41, 5.74) is 0.834. The molecule has 0 bridgehead atoms. The highest BCUT2D eigenvalue weighted by atomic mass is 19.1. The Hall–Kier alpha value is -1.88. The summed E-state index contributed by atoms with van der Waals surface area (Å²) in [6.07, 6.45) is 0.810. The van der Waals surface area contributed by atoms with Gasteiger partial charge in [0, 0.05) is 13.1 Å². The highest BCUT2D eigenvalue weighted by Crippen LogP contribution is 2.19. The second-order valence-electron chi connectivity index (χ2n) is 4.34. The van der Waals surface area contributed by atoms with Crippen LogP contribution >= 0.6 is 0 Å². The zero-order chi connectivity index (χ0) is 15.0. The van der Waals surface area contributed by atoms with Crippen molar-refractivity contribution in [1.29, 1.82) is 0 Å². The monoisotopic (exact) mass is 280 g/mol. The molecule has 110 valence electrons. The lowest BCUT2D eigenvalue weighted by molar-refractivity contribution is -0.127. The quantitative estimate of drug-likeness (QED) is 0.716. The Morgan fingerprint density at radius 2 is 2.30 bits per heavy atom. The standard InChI is InChI=1S/C15H21FN2O2/c1-4-8-18-15(19)11(3)20-14-7-6-12(9-13(14)16)10-17-5-2/h4,6-7,9,11,17H,1,5,8,10H2,2-3H3,(H,18,19). The molecule has 4 nitrogen and oxygen atoms in total. The van der Waals surface area contributed by atoms with E-state index < -0.39 is 11.9 Å². The maximum Gasteiger partial charge on any atom is 0.261 e. The first-order valence-corrected chi connectivity index (χ1v) is 6.62. The molecule has 2 N–H and O–H groups in total. The van der Waals surface area contributed by atoms with Crippen molar-refractivity contribution in [2.24, 2.45) is 0 Å². The van der Waals surface area contributed by atoms with Crippen LogP contribution < -0.4 is 15.4 Å². The van der Waals surface area contributed by atoms with E-state index in [-0.39, 0.29) is 11.7 Å². The molecule has 5 heteroatoms. The van der Waals surface area contributed by atoms with Crippen LogP contribution in [0.4, 0.5) is 4.39 Å². The van der Waals surface area contributed by atoms with Gasteiger partial charge in [0.05, 0.1) is 0 Å². The molecule has 0 saturated heterocycles. The summed E-state index contributed by atoms with van der Waals surface area (Å²) in [4.78, 5) is 11.6. The Labute approximate surface area is 119 Å². The van der Waals surface area contributed by atoms with Gasteiger partial charge in [0.25, 0.3) is 5.91 Å². The number of rotatable bonds is 8. The molecule has 1 aromatic carbocycles. The number of nitrogens with one attached hydrogen (secondary N) is 2. The number of carbonyl (C=O) groups excluding carboxylic acids is 1. The van der Waals surface area contributed by atoms with Crippen LogP contribution in [-0.2, 0) is 11.3 Å². The van der Waals surface area contributed by atoms with Gasteiger partial charge in [-0.25, -0.2) is 4.39 Å². The van der Waals surface area contributed by atoms with E-state index in [0.29, 0.717) is 13.1 Å². The van der Waals surface area contributed by atoms with E-state index in [1.807, 2.05) is 6.92 Å². The summed E-state index contributed by atoms with van der Waals surface area (Å²) in [7, 11) is 0. The number of ether oxygens (including phenoxy) is 1. The molecule has 1 rings (SSSR count). The highest BCUT2D eigenvalue weighted by Gasteiger charge is 2.15. The fourth-order valence-electron chi connectivity index (χ4n) is 1.58. The maximum absolute atomic E-state index is 13.9. The van der Waals surface area contributed by atoms with E-state index >= 15 is 0 Å². The molecule has 0 aliphatic carbocycles.